The maximum Gasteiger partial charge on any atom is 0.332 e. The molecule has 30 heavy (non-hydrogen) atoms. The van der Waals surface area contributed by atoms with Crippen LogP contribution in [-0.4, -0.2) is 24.7 Å². The second kappa shape index (κ2) is 8.22. The van der Waals surface area contributed by atoms with Crippen LogP contribution >= 0.6 is 0 Å². The molecule has 5 nitrogen and oxygen atoms in total. The number of hydrazine groups is 1. The maximum absolute atomic E-state index is 14.0. The average Bonchev–Trinajstić information content (AvgIpc) is 3.13. The number of aryl methyl sites for hydroxylation is 1. The van der Waals surface area contributed by atoms with Crippen LogP contribution in [0.25, 0.3) is 5.70 Å². The standard InChI is InChI=1S/C24H25FN2O3/c1-4-30-22(28)12-15(2)27-24(17-6-5-7-18(25)13-17)21-10-8-16-14-19(29-3)9-11-20(16)23(21)26-27/h5-7,9,11-14,24,26H,4,8,10H2,1-3H3/b15-12+/t24-/m1/s1. The highest BCUT2D eigenvalue weighted by Crippen LogP contribution is 2.46. The third-order valence-electron chi connectivity index (χ3n) is 5.54. The lowest BCUT2D eigenvalue weighted by Crippen LogP contribution is -2.33. The van der Waals surface area contributed by atoms with Crippen molar-refractivity contribution in [2.24, 2.45) is 0 Å². The summed E-state index contributed by atoms with van der Waals surface area (Å²) >= 11 is 0. The summed E-state index contributed by atoms with van der Waals surface area (Å²) in [6.45, 7) is 3.94. The average molecular weight is 408 g/mol. The summed E-state index contributed by atoms with van der Waals surface area (Å²) in [4.78, 5) is 12.1. The van der Waals surface area contributed by atoms with Crippen molar-refractivity contribution in [1.82, 2.24) is 10.4 Å². The van der Waals surface area contributed by atoms with E-state index in [0.29, 0.717) is 12.3 Å². The van der Waals surface area contributed by atoms with Gasteiger partial charge >= 0.3 is 5.97 Å². The van der Waals surface area contributed by atoms with Gasteiger partial charge in [0.05, 0.1) is 25.5 Å². The molecular weight excluding hydrogens is 383 g/mol. The lowest BCUT2D eigenvalue weighted by molar-refractivity contribution is -0.137. The lowest BCUT2D eigenvalue weighted by Gasteiger charge is -2.29. The Labute approximate surface area is 175 Å². The van der Waals surface area contributed by atoms with Gasteiger partial charge in [-0.1, -0.05) is 12.1 Å². The fraction of sp³-hybridized carbons (Fsp3) is 0.292. The number of nitrogens with zero attached hydrogens (tertiary/aromatic N) is 1. The lowest BCUT2D eigenvalue weighted by atomic mass is 9.85. The van der Waals surface area contributed by atoms with Gasteiger partial charge in [-0.3, -0.25) is 10.4 Å². The van der Waals surface area contributed by atoms with Crippen LogP contribution in [0.4, 0.5) is 4.39 Å². The first-order valence-corrected chi connectivity index (χ1v) is 10.1. The number of hydrogen-bond donors (Lipinski definition) is 1. The third kappa shape index (κ3) is 3.65. The van der Waals surface area contributed by atoms with Gasteiger partial charge in [0.25, 0.3) is 0 Å². The van der Waals surface area contributed by atoms with Crippen molar-refractivity contribution < 1.29 is 18.7 Å². The summed E-state index contributed by atoms with van der Waals surface area (Å²) in [6, 6.07) is 12.5. The molecule has 0 radical (unpaired) electrons. The molecule has 0 saturated carbocycles. The van der Waals surface area contributed by atoms with Gasteiger partial charge in [0.2, 0.25) is 0 Å². The van der Waals surface area contributed by atoms with Crippen LogP contribution in [0.2, 0.25) is 0 Å². The molecule has 0 spiro atoms. The van der Waals surface area contributed by atoms with E-state index in [1.165, 1.54) is 23.3 Å². The number of methoxy groups -OCH3 is 1. The van der Waals surface area contributed by atoms with Gasteiger partial charge in [0.15, 0.2) is 0 Å². The fourth-order valence-corrected chi connectivity index (χ4v) is 4.20. The molecule has 2 aromatic carbocycles. The highest BCUT2D eigenvalue weighted by Gasteiger charge is 2.37. The number of carbonyl (C=O) groups excluding carboxylic acids is 1. The maximum atomic E-state index is 14.0. The predicted octanol–water partition coefficient (Wildman–Crippen LogP) is 4.52. The van der Waals surface area contributed by atoms with Crippen LogP contribution < -0.4 is 10.2 Å². The number of rotatable bonds is 5. The number of benzene rings is 2. The number of allylic oxidation sites excluding steroid dienone is 1. The fourth-order valence-electron chi connectivity index (χ4n) is 4.20. The van der Waals surface area contributed by atoms with Crippen LogP contribution in [0.3, 0.4) is 0 Å². The van der Waals surface area contributed by atoms with E-state index in [4.69, 9.17) is 9.47 Å². The molecule has 0 saturated heterocycles. The first-order valence-electron chi connectivity index (χ1n) is 10.1. The molecule has 0 amide bonds. The van der Waals surface area contributed by atoms with Crippen molar-refractivity contribution in [1.29, 1.82) is 0 Å². The molecule has 1 atom stereocenters. The van der Waals surface area contributed by atoms with E-state index in [-0.39, 0.29) is 11.9 Å². The summed E-state index contributed by atoms with van der Waals surface area (Å²) in [6.07, 6.45) is 3.16. The van der Waals surface area contributed by atoms with Gasteiger partial charge in [-0.25, -0.2) is 9.18 Å². The number of halogens is 1. The van der Waals surface area contributed by atoms with Gasteiger partial charge in [-0.2, -0.15) is 0 Å². The molecular formula is C24H25FN2O3. The van der Waals surface area contributed by atoms with Crippen molar-refractivity contribution >= 4 is 11.7 Å². The highest BCUT2D eigenvalue weighted by atomic mass is 19.1. The molecule has 1 N–H and O–H groups in total. The first kappa shape index (κ1) is 20.0. The smallest absolute Gasteiger partial charge is 0.332 e. The molecule has 4 rings (SSSR count). The van der Waals surface area contributed by atoms with Crippen molar-refractivity contribution in [3.63, 3.8) is 0 Å². The van der Waals surface area contributed by atoms with E-state index in [0.717, 1.165) is 35.4 Å². The number of nitrogens with one attached hydrogen (secondary N) is 1. The van der Waals surface area contributed by atoms with E-state index in [1.54, 1.807) is 26.2 Å². The SMILES string of the molecule is CCOC(=O)/C=C(\C)N1NC2=C(CCc3cc(OC)ccc32)[C@H]1c1cccc(F)c1. The molecule has 0 bridgehead atoms. The van der Waals surface area contributed by atoms with Gasteiger partial charge in [-0.15, -0.1) is 0 Å². The van der Waals surface area contributed by atoms with E-state index in [2.05, 4.69) is 11.5 Å². The topological polar surface area (TPSA) is 50.8 Å². The zero-order chi connectivity index (χ0) is 21.3. The van der Waals surface area contributed by atoms with E-state index < -0.39 is 5.97 Å². The number of ether oxygens (including phenoxy) is 2. The van der Waals surface area contributed by atoms with Crippen molar-refractivity contribution in [2.45, 2.75) is 32.7 Å². The van der Waals surface area contributed by atoms with Gasteiger partial charge in [-0.05, 0) is 73.7 Å². The summed E-state index contributed by atoms with van der Waals surface area (Å²) in [5.74, 6) is 0.145. The number of esters is 1. The van der Waals surface area contributed by atoms with Crippen molar-refractivity contribution in [2.75, 3.05) is 13.7 Å². The summed E-state index contributed by atoms with van der Waals surface area (Å²) in [7, 11) is 1.66. The van der Waals surface area contributed by atoms with Crippen LogP contribution in [0.15, 0.2) is 59.8 Å². The molecule has 6 heteroatoms. The molecule has 1 aliphatic carbocycles. The number of carbonyl (C=O) groups is 1. The van der Waals surface area contributed by atoms with Crippen LogP contribution in [0.5, 0.6) is 5.75 Å². The van der Waals surface area contributed by atoms with Crippen LogP contribution in [0.1, 0.15) is 43.0 Å². The molecule has 0 unspecified atom stereocenters. The largest absolute Gasteiger partial charge is 0.497 e. The number of fused-ring (bicyclic) bond motifs is 2. The molecule has 2 aliphatic rings. The predicted molar refractivity (Wildman–Crippen MR) is 113 cm³/mol. The normalized spacial score (nSPS) is 17.9. The van der Waals surface area contributed by atoms with Gasteiger partial charge < -0.3 is 9.47 Å². The minimum Gasteiger partial charge on any atom is -0.497 e. The Morgan fingerprint density at radius 2 is 2.10 bits per heavy atom. The monoisotopic (exact) mass is 408 g/mol. The summed E-state index contributed by atoms with van der Waals surface area (Å²) in [5.41, 5.74) is 9.49. The minimum atomic E-state index is -0.398. The molecule has 1 heterocycles. The van der Waals surface area contributed by atoms with Gasteiger partial charge in [0.1, 0.15) is 11.6 Å². The molecule has 156 valence electrons. The Bertz CT molecular complexity index is 1040. The Hall–Kier alpha value is -3.28. The quantitative estimate of drug-likeness (QED) is 0.582. The number of hydrogen-bond acceptors (Lipinski definition) is 5. The van der Waals surface area contributed by atoms with E-state index >= 15 is 0 Å². The molecule has 2 aromatic rings. The molecule has 0 fully saturated rings. The van der Waals surface area contributed by atoms with E-state index in [1.807, 2.05) is 30.1 Å². The zero-order valence-electron chi connectivity index (χ0n) is 17.4. The van der Waals surface area contributed by atoms with Crippen LogP contribution in [0, 0.1) is 5.82 Å². The minimum absolute atomic E-state index is 0.211. The third-order valence-corrected chi connectivity index (χ3v) is 5.54. The Morgan fingerprint density at radius 1 is 1.27 bits per heavy atom. The Morgan fingerprint density at radius 3 is 2.83 bits per heavy atom. The first-order chi connectivity index (χ1) is 14.5. The summed E-state index contributed by atoms with van der Waals surface area (Å²) in [5, 5.41) is 1.93. The highest BCUT2D eigenvalue weighted by molar-refractivity contribution is 5.83. The second-order valence-electron chi connectivity index (χ2n) is 7.40. The Balaban J connectivity index is 1.78. The van der Waals surface area contributed by atoms with Gasteiger partial charge in [0, 0.05) is 17.3 Å². The second-order valence-corrected chi connectivity index (χ2v) is 7.40. The van der Waals surface area contributed by atoms with Crippen molar-refractivity contribution in [3.8, 4) is 5.75 Å². The van der Waals surface area contributed by atoms with Crippen LogP contribution in [-0.2, 0) is 16.0 Å². The Kier molecular flexibility index (Phi) is 5.48. The van der Waals surface area contributed by atoms with E-state index in [9.17, 15) is 9.18 Å². The van der Waals surface area contributed by atoms with Crippen molar-refractivity contribution in [3.05, 3.63) is 82.3 Å². The zero-order valence-corrected chi connectivity index (χ0v) is 17.4. The summed E-state index contributed by atoms with van der Waals surface area (Å²) < 4.78 is 24.5. The molecule has 0 aromatic heterocycles. The molecule has 1 aliphatic heterocycles.